The molecule has 4 rings (SSSR count). The fourth-order valence-corrected chi connectivity index (χ4v) is 4.39. The van der Waals surface area contributed by atoms with Gasteiger partial charge in [0.15, 0.2) is 11.3 Å². The first-order valence-corrected chi connectivity index (χ1v) is 10.2. The first-order valence-electron chi connectivity index (χ1n) is 8.26. The van der Waals surface area contributed by atoms with Crippen molar-refractivity contribution in [2.45, 2.75) is 24.9 Å². The summed E-state index contributed by atoms with van der Waals surface area (Å²) in [5, 5.41) is 4.23. The highest BCUT2D eigenvalue weighted by atomic mass is 32.2. The molecule has 1 atom stereocenters. The maximum absolute atomic E-state index is 13.2. The molecule has 0 bridgehead atoms. The fourth-order valence-electron chi connectivity index (χ4n) is 3.03. The lowest BCUT2D eigenvalue weighted by Crippen LogP contribution is -2.37. The van der Waals surface area contributed by atoms with Crippen LogP contribution >= 0.6 is 0 Å². The lowest BCUT2D eigenvalue weighted by Gasteiger charge is -2.27. The summed E-state index contributed by atoms with van der Waals surface area (Å²) in [5.74, 6) is -0.817. The van der Waals surface area contributed by atoms with E-state index in [-0.39, 0.29) is 18.2 Å². The molecule has 1 aliphatic rings. The highest BCUT2D eigenvalue weighted by molar-refractivity contribution is 7.93. The first-order chi connectivity index (χ1) is 12.8. The number of nitrogens with zero attached hydrogens (tertiary/aromatic N) is 5. The molecule has 10 heteroatoms. The summed E-state index contributed by atoms with van der Waals surface area (Å²) in [5.41, 5.74) is 1.61. The molecule has 3 aromatic heterocycles. The van der Waals surface area contributed by atoms with Crippen LogP contribution in [0.3, 0.4) is 0 Å². The third-order valence-electron chi connectivity index (χ3n) is 4.44. The van der Waals surface area contributed by atoms with E-state index in [4.69, 9.17) is 4.42 Å². The number of furan rings is 1. The fraction of sp³-hybridized carbons (Fsp3) is 0.294. The van der Waals surface area contributed by atoms with E-state index in [1.165, 1.54) is 25.4 Å². The predicted octanol–water partition coefficient (Wildman–Crippen LogP) is 1.68. The van der Waals surface area contributed by atoms with Crippen molar-refractivity contribution >= 4 is 32.6 Å². The van der Waals surface area contributed by atoms with Gasteiger partial charge in [-0.05, 0) is 12.1 Å². The summed E-state index contributed by atoms with van der Waals surface area (Å²) in [7, 11) is -3.07. The molecule has 0 aromatic carbocycles. The smallest absolute Gasteiger partial charge is 0.321 e. The summed E-state index contributed by atoms with van der Waals surface area (Å²) >= 11 is 0. The van der Waals surface area contributed by atoms with Crippen molar-refractivity contribution < 1.29 is 18.2 Å². The molecule has 1 aliphatic heterocycles. The van der Waals surface area contributed by atoms with Gasteiger partial charge >= 0.3 is 5.91 Å². The van der Waals surface area contributed by atoms with Gasteiger partial charge in [0.25, 0.3) is 0 Å². The van der Waals surface area contributed by atoms with E-state index in [1.807, 2.05) is 0 Å². The third-order valence-corrected chi connectivity index (χ3v) is 6.11. The summed E-state index contributed by atoms with van der Waals surface area (Å²) in [6.07, 6.45) is 4.43. The Kier molecular flexibility index (Phi) is 4.06. The van der Waals surface area contributed by atoms with Gasteiger partial charge in [-0.25, -0.2) is 4.21 Å². The van der Waals surface area contributed by atoms with E-state index in [0.29, 0.717) is 34.8 Å². The van der Waals surface area contributed by atoms with Gasteiger partial charge in [-0.3, -0.25) is 19.3 Å². The number of rotatable bonds is 2. The molecule has 0 N–H and O–H groups in total. The van der Waals surface area contributed by atoms with Crippen LogP contribution in [-0.2, 0) is 27.6 Å². The molecule has 0 saturated heterocycles. The van der Waals surface area contributed by atoms with Crippen LogP contribution in [0.1, 0.15) is 23.2 Å². The van der Waals surface area contributed by atoms with Gasteiger partial charge in [-0.15, -0.1) is 0 Å². The Labute approximate surface area is 155 Å². The molecule has 27 heavy (non-hydrogen) atoms. The summed E-state index contributed by atoms with van der Waals surface area (Å²) < 4.78 is 24.2. The minimum absolute atomic E-state index is 0.0235. The summed E-state index contributed by atoms with van der Waals surface area (Å²) in [6, 6.07) is 4.86. The van der Waals surface area contributed by atoms with E-state index in [1.54, 1.807) is 27.9 Å². The summed E-state index contributed by atoms with van der Waals surface area (Å²) in [6.45, 7) is 2.82. The lowest BCUT2D eigenvalue weighted by atomic mass is 10.3. The average molecular weight is 387 g/mol. The average Bonchev–Trinajstić information content (AvgIpc) is 3.25. The number of amides is 2. The monoisotopic (exact) mass is 387 g/mol. The molecule has 3 aromatic rings. The van der Waals surface area contributed by atoms with Crippen LogP contribution in [0.15, 0.2) is 44.3 Å². The minimum atomic E-state index is -3.07. The molecule has 0 radical (unpaired) electrons. The van der Waals surface area contributed by atoms with Crippen molar-refractivity contribution in [3.63, 3.8) is 0 Å². The van der Waals surface area contributed by atoms with E-state index in [9.17, 15) is 13.8 Å². The van der Waals surface area contributed by atoms with Crippen LogP contribution in [0.25, 0.3) is 11.1 Å². The number of pyridine rings is 1. The van der Waals surface area contributed by atoms with Gasteiger partial charge in [0.05, 0.1) is 39.6 Å². The zero-order chi connectivity index (χ0) is 19.2. The third kappa shape index (κ3) is 3.12. The van der Waals surface area contributed by atoms with Gasteiger partial charge in [0.1, 0.15) is 5.52 Å². The van der Waals surface area contributed by atoms with Crippen molar-refractivity contribution in [2.75, 3.05) is 12.8 Å². The van der Waals surface area contributed by atoms with Crippen molar-refractivity contribution in [3.05, 3.63) is 42.0 Å². The molecule has 0 saturated carbocycles. The van der Waals surface area contributed by atoms with Crippen molar-refractivity contribution in [2.24, 2.45) is 4.36 Å². The van der Waals surface area contributed by atoms with Crippen molar-refractivity contribution in [3.8, 4) is 0 Å². The molecule has 0 aliphatic carbocycles. The second kappa shape index (κ2) is 6.31. The van der Waals surface area contributed by atoms with Crippen molar-refractivity contribution in [1.82, 2.24) is 19.7 Å². The number of hydrogen-bond acceptors (Lipinski definition) is 6. The lowest BCUT2D eigenvalue weighted by molar-refractivity contribution is -0.130. The van der Waals surface area contributed by atoms with Gasteiger partial charge in [-0.2, -0.15) is 9.46 Å². The van der Waals surface area contributed by atoms with Crippen molar-refractivity contribution in [1.29, 1.82) is 0 Å². The van der Waals surface area contributed by atoms with Gasteiger partial charge in [0.2, 0.25) is 5.91 Å². The first kappa shape index (κ1) is 17.4. The Morgan fingerprint density at radius 2 is 2.15 bits per heavy atom. The molecule has 1 unspecified atom stereocenters. The maximum atomic E-state index is 13.2. The topological polar surface area (TPSA) is 111 Å². The molecule has 2 amide bonds. The largest absolute Gasteiger partial charge is 0.449 e. The van der Waals surface area contributed by atoms with E-state index in [2.05, 4.69) is 14.4 Å². The normalized spacial score (nSPS) is 16.0. The molecule has 140 valence electrons. The van der Waals surface area contributed by atoms with Crippen LogP contribution in [0.5, 0.6) is 0 Å². The second-order valence-electron chi connectivity index (χ2n) is 6.32. The Hall–Kier alpha value is -3.01. The number of carbonyl (C=O) groups is 2. The Balaban J connectivity index is 1.71. The number of aromatic nitrogens is 3. The molecular weight excluding hydrogens is 370 g/mol. The van der Waals surface area contributed by atoms with Crippen LogP contribution in [-0.4, -0.2) is 48.5 Å². The zero-order valence-corrected chi connectivity index (χ0v) is 15.6. The second-order valence-corrected chi connectivity index (χ2v) is 8.54. The number of carbonyl (C=O) groups excluding carboxylic acids is 2. The van der Waals surface area contributed by atoms with Gasteiger partial charge < -0.3 is 9.32 Å². The van der Waals surface area contributed by atoms with Gasteiger partial charge in [0, 0.05) is 32.0 Å². The van der Waals surface area contributed by atoms with Gasteiger partial charge in [-0.1, -0.05) is 0 Å². The number of hydrogen-bond donors (Lipinski definition) is 0. The Morgan fingerprint density at radius 3 is 2.89 bits per heavy atom. The van der Waals surface area contributed by atoms with E-state index < -0.39 is 15.6 Å². The van der Waals surface area contributed by atoms with Crippen LogP contribution < -0.4 is 0 Å². The molecule has 4 heterocycles. The van der Waals surface area contributed by atoms with Crippen LogP contribution in [0.2, 0.25) is 0 Å². The highest BCUT2D eigenvalue weighted by Gasteiger charge is 2.26. The molecule has 0 spiro atoms. The quantitative estimate of drug-likeness (QED) is 0.661. The van der Waals surface area contributed by atoms with Crippen LogP contribution in [0, 0.1) is 0 Å². The summed E-state index contributed by atoms with van der Waals surface area (Å²) in [4.78, 5) is 30.3. The molecular formula is C17H17N5O4S. The minimum Gasteiger partial charge on any atom is -0.449 e. The standard InChI is InChI=1S/C17H17N5O4S/c1-11(23)21-6-7-22-13(10-21)16(9-19-22)27(2,25)20-17(24)15-8-12-14(26-15)4-3-5-18-12/h3-5,8-9H,6-7,10H2,1-2H3. The van der Waals surface area contributed by atoms with Crippen LogP contribution in [0.4, 0.5) is 0 Å². The molecule has 0 fully saturated rings. The molecule has 9 nitrogen and oxygen atoms in total. The Morgan fingerprint density at radius 1 is 1.33 bits per heavy atom. The van der Waals surface area contributed by atoms with E-state index >= 15 is 0 Å². The SMILES string of the molecule is CC(=O)N1CCn2ncc(S(C)(=O)=NC(=O)c3cc4ncccc4o3)c2C1. The maximum Gasteiger partial charge on any atom is 0.321 e. The number of fused-ring (bicyclic) bond motifs is 2. The zero-order valence-electron chi connectivity index (χ0n) is 14.8. The highest BCUT2D eigenvalue weighted by Crippen LogP contribution is 2.24. The van der Waals surface area contributed by atoms with E-state index in [0.717, 1.165) is 0 Å². The Bertz CT molecular complexity index is 1150. The predicted molar refractivity (Wildman–Crippen MR) is 96.4 cm³/mol.